The SMILES string of the molecule is c1ccc(COCC2CC3(CCN(Cc4nccs4)CC3)CO2)nc1. The van der Waals surface area contributed by atoms with Gasteiger partial charge in [-0.25, -0.2) is 4.98 Å². The number of piperidine rings is 1. The van der Waals surface area contributed by atoms with Gasteiger partial charge in [-0.1, -0.05) is 6.07 Å². The molecule has 2 saturated heterocycles. The summed E-state index contributed by atoms with van der Waals surface area (Å²) in [5.41, 5.74) is 1.34. The van der Waals surface area contributed by atoms with Crippen LogP contribution in [0.4, 0.5) is 0 Å². The molecule has 0 amide bonds. The monoisotopic (exact) mass is 359 g/mol. The Morgan fingerprint density at radius 2 is 2.16 bits per heavy atom. The number of nitrogens with zero attached hydrogens (tertiary/aromatic N) is 3. The highest BCUT2D eigenvalue weighted by atomic mass is 32.1. The van der Waals surface area contributed by atoms with Crippen molar-refractivity contribution in [2.75, 3.05) is 26.3 Å². The van der Waals surface area contributed by atoms with Crippen molar-refractivity contribution in [3.63, 3.8) is 0 Å². The fourth-order valence-electron chi connectivity index (χ4n) is 3.84. The fourth-order valence-corrected chi connectivity index (χ4v) is 4.49. The van der Waals surface area contributed by atoms with Crippen LogP contribution in [0.15, 0.2) is 36.0 Å². The normalized spacial score (nSPS) is 23.3. The summed E-state index contributed by atoms with van der Waals surface area (Å²) in [4.78, 5) is 11.2. The minimum absolute atomic E-state index is 0.231. The summed E-state index contributed by atoms with van der Waals surface area (Å²) in [7, 11) is 0. The molecule has 2 fully saturated rings. The number of likely N-dealkylation sites (tertiary alicyclic amines) is 1. The molecule has 6 heteroatoms. The molecular formula is C19H25N3O2S. The summed E-state index contributed by atoms with van der Waals surface area (Å²) in [6.07, 6.45) is 7.49. The lowest BCUT2D eigenvalue weighted by Crippen LogP contribution is -2.40. The number of ether oxygens (including phenoxy) is 2. The lowest BCUT2D eigenvalue weighted by Gasteiger charge is -2.38. The average Bonchev–Trinajstić information content (AvgIpc) is 3.29. The Morgan fingerprint density at radius 1 is 1.24 bits per heavy atom. The minimum Gasteiger partial charge on any atom is -0.375 e. The van der Waals surface area contributed by atoms with Gasteiger partial charge in [0.15, 0.2) is 0 Å². The van der Waals surface area contributed by atoms with Gasteiger partial charge in [-0.15, -0.1) is 11.3 Å². The molecule has 2 aliphatic rings. The fraction of sp³-hybridized carbons (Fsp3) is 0.579. The second-order valence-corrected chi connectivity index (χ2v) is 8.15. The van der Waals surface area contributed by atoms with Gasteiger partial charge >= 0.3 is 0 Å². The number of hydrogen-bond acceptors (Lipinski definition) is 6. The van der Waals surface area contributed by atoms with Gasteiger partial charge in [0.05, 0.1) is 38.2 Å². The average molecular weight is 359 g/mol. The molecule has 25 heavy (non-hydrogen) atoms. The third-order valence-electron chi connectivity index (χ3n) is 5.32. The minimum atomic E-state index is 0.231. The van der Waals surface area contributed by atoms with Gasteiger partial charge in [0.1, 0.15) is 5.01 Å². The van der Waals surface area contributed by atoms with Crippen LogP contribution in [0.5, 0.6) is 0 Å². The van der Waals surface area contributed by atoms with Gasteiger partial charge in [0.25, 0.3) is 0 Å². The highest BCUT2D eigenvalue weighted by molar-refractivity contribution is 7.09. The van der Waals surface area contributed by atoms with Crippen LogP contribution in [0, 0.1) is 5.41 Å². The molecule has 1 atom stereocenters. The van der Waals surface area contributed by atoms with E-state index in [1.54, 1.807) is 17.5 Å². The molecule has 2 aliphatic heterocycles. The first-order chi connectivity index (χ1) is 12.3. The van der Waals surface area contributed by atoms with Crippen molar-refractivity contribution in [1.29, 1.82) is 0 Å². The summed E-state index contributed by atoms with van der Waals surface area (Å²) in [5, 5.41) is 3.28. The van der Waals surface area contributed by atoms with Crippen LogP contribution >= 0.6 is 11.3 Å². The summed E-state index contributed by atoms with van der Waals surface area (Å²) < 4.78 is 11.9. The molecule has 0 radical (unpaired) electrons. The van der Waals surface area contributed by atoms with E-state index in [4.69, 9.17) is 9.47 Å². The molecule has 5 nitrogen and oxygen atoms in total. The molecule has 4 rings (SSSR count). The standard InChI is InChI=1S/C19H25N3O2S/c1-2-6-20-16(3-1)13-23-14-17-11-19(15-24-17)4-8-22(9-5-19)12-18-21-7-10-25-18/h1-3,6-7,10,17H,4-5,8-9,11-15H2. The largest absolute Gasteiger partial charge is 0.375 e. The van der Waals surface area contributed by atoms with E-state index in [9.17, 15) is 0 Å². The van der Waals surface area contributed by atoms with Crippen molar-refractivity contribution in [3.05, 3.63) is 46.7 Å². The highest BCUT2D eigenvalue weighted by Gasteiger charge is 2.42. The van der Waals surface area contributed by atoms with Gasteiger partial charge < -0.3 is 9.47 Å². The molecule has 0 aliphatic carbocycles. The predicted molar refractivity (Wildman–Crippen MR) is 97.3 cm³/mol. The van der Waals surface area contributed by atoms with E-state index in [0.717, 1.165) is 38.4 Å². The van der Waals surface area contributed by atoms with Gasteiger partial charge in [-0.3, -0.25) is 9.88 Å². The Labute approximate surface area is 153 Å². The molecule has 0 N–H and O–H groups in total. The molecule has 1 spiro atoms. The third-order valence-corrected chi connectivity index (χ3v) is 6.09. The number of pyridine rings is 1. The van der Waals surface area contributed by atoms with Crippen LogP contribution in [0.2, 0.25) is 0 Å². The molecule has 2 aromatic heterocycles. The quantitative estimate of drug-likeness (QED) is 0.793. The number of thiazole rings is 1. The molecule has 2 aromatic rings. The molecule has 1 unspecified atom stereocenters. The van der Waals surface area contributed by atoms with Crippen molar-refractivity contribution in [3.8, 4) is 0 Å². The van der Waals surface area contributed by atoms with E-state index in [1.165, 1.54) is 17.8 Å². The first-order valence-electron chi connectivity index (χ1n) is 9.01. The summed E-state index contributed by atoms with van der Waals surface area (Å²) >= 11 is 1.75. The maximum Gasteiger partial charge on any atom is 0.107 e. The van der Waals surface area contributed by atoms with Crippen molar-refractivity contribution < 1.29 is 9.47 Å². The summed E-state index contributed by atoms with van der Waals surface area (Å²) in [5.74, 6) is 0. The van der Waals surface area contributed by atoms with Crippen molar-refractivity contribution in [2.45, 2.75) is 38.5 Å². The number of rotatable bonds is 6. The molecule has 0 saturated carbocycles. The third kappa shape index (κ3) is 4.44. The van der Waals surface area contributed by atoms with Crippen LogP contribution in [0.3, 0.4) is 0 Å². The first kappa shape index (κ1) is 17.1. The second kappa shape index (κ2) is 7.91. The Kier molecular flexibility index (Phi) is 5.41. The zero-order valence-electron chi connectivity index (χ0n) is 14.5. The smallest absolute Gasteiger partial charge is 0.107 e. The number of hydrogen-bond donors (Lipinski definition) is 0. The van der Waals surface area contributed by atoms with Crippen LogP contribution in [0.1, 0.15) is 30.0 Å². The second-order valence-electron chi connectivity index (χ2n) is 7.18. The van der Waals surface area contributed by atoms with Gasteiger partial charge in [-0.2, -0.15) is 0 Å². The summed E-state index contributed by atoms with van der Waals surface area (Å²) in [6.45, 7) is 5.40. The summed E-state index contributed by atoms with van der Waals surface area (Å²) in [6, 6.07) is 5.91. The zero-order valence-corrected chi connectivity index (χ0v) is 15.3. The topological polar surface area (TPSA) is 47.5 Å². The Balaban J connectivity index is 1.20. The predicted octanol–water partition coefficient (Wildman–Crippen LogP) is 3.13. The van der Waals surface area contributed by atoms with Crippen LogP contribution in [-0.2, 0) is 22.6 Å². The van der Waals surface area contributed by atoms with Gasteiger partial charge in [-0.05, 0) is 49.9 Å². The highest BCUT2D eigenvalue weighted by Crippen LogP contribution is 2.42. The van der Waals surface area contributed by atoms with Gasteiger partial charge in [0, 0.05) is 17.8 Å². The maximum atomic E-state index is 6.05. The number of aromatic nitrogens is 2. The van der Waals surface area contributed by atoms with Crippen LogP contribution in [0.25, 0.3) is 0 Å². The lowest BCUT2D eigenvalue weighted by molar-refractivity contribution is 0.00554. The maximum absolute atomic E-state index is 6.05. The first-order valence-corrected chi connectivity index (χ1v) is 9.89. The van der Waals surface area contributed by atoms with Crippen LogP contribution < -0.4 is 0 Å². The van der Waals surface area contributed by atoms with Crippen molar-refractivity contribution >= 4 is 11.3 Å². The van der Waals surface area contributed by atoms with E-state index >= 15 is 0 Å². The molecule has 134 valence electrons. The zero-order chi connectivity index (χ0) is 17.0. The van der Waals surface area contributed by atoms with E-state index in [1.807, 2.05) is 24.4 Å². The molecule has 0 bridgehead atoms. The lowest BCUT2D eigenvalue weighted by atomic mass is 9.77. The molecule has 0 aromatic carbocycles. The van der Waals surface area contributed by atoms with Crippen LogP contribution in [-0.4, -0.2) is 47.3 Å². The van der Waals surface area contributed by atoms with E-state index in [0.29, 0.717) is 18.6 Å². The Hall–Kier alpha value is -1.34. The van der Waals surface area contributed by atoms with Crippen molar-refractivity contribution in [1.82, 2.24) is 14.9 Å². The molecule has 4 heterocycles. The van der Waals surface area contributed by atoms with Crippen molar-refractivity contribution in [2.24, 2.45) is 5.41 Å². The van der Waals surface area contributed by atoms with E-state index in [-0.39, 0.29) is 6.10 Å². The molecular weight excluding hydrogens is 334 g/mol. The Bertz CT molecular complexity index is 642. The van der Waals surface area contributed by atoms with Gasteiger partial charge in [0.2, 0.25) is 0 Å². The van der Waals surface area contributed by atoms with E-state index in [2.05, 4.69) is 20.2 Å². The Morgan fingerprint density at radius 3 is 2.92 bits per heavy atom. The van der Waals surface area contributed by atoms with E-state index < -0.39 is 0 Å².